The van der Waals surface area contributed by atoms with Gasteiger partial charge in [-0.3, -0.25) is 10.0 Å². The molecular formula is C16H22N2O5S. The van der Waals surface area contributed by atoms with Gasteiger partial charge >= 0.3 is 0 Å². The van der Waals surface area contributed by atoms with Crippen molar-refractivity contribution in [3.63, 3.8) is 0 Å². The Labute approximate surface area is 145 Å². The van der Waals surface area contributed by atoms with Crippen LogP contribution in [-0.2, 0) is 13.9 Å². The van der Waals surface area contributed by atoms with Crippen molar-refractivity contribution in [2.45, 2.75) is 32.1 Å². The van der Waals surface area contributed by atoms with E-state index in [9.17, 15) is 4.79 Å². The van der Waals surface area contributed by atoms with Crippen LogP contribution in [0.5, 0.6) is 5.75 Å². The second-order valence-electron chi connectivity index (χ2n) is 5.24. The van der Waals surface area contributed by atoms with Gasteiger partial charge in [-0.05, 0) is 41.8 Å². The molecular weight excluding hydrogens is 332 g/mol. The quantitative estimate of drug-likeness (QED) is 0.305. The number of rotatable bonds is 9. The van der Waals surface area contributed by atoms with Crippen LogP contribution in [0.3, 0.4) is 0 Å². The Morgan fingerprint density at radius 2 is 2.21 bits per heavy atom. The number of benzene rings is 1. The molecule has 0 aliphatic carbocycles. The van der Waals surface area contributed by atoms with Gasteiger partial charge < -0.3 is 9.57 Å². The average molecular weight is 354 g/mol. The number of amides is 1. The Bertz CT molecular complexity index is 567. The van der Waals surface area contributed by atoms with Gasteiger partial charge in [0.15, 0.2) is 0 Å². The number of nitrogens with one attached hydrogen (secondary N) is 1. The third kappa shape index (κ3) is 6.40. The molecule has 0 atom stereocenters. The molecule has 1 aromatic rings. The first-order valence-corrected chi connectivity index (χ1v) is 8.54. The van der Waals surface area contributed by atoms with Gasteiger partial charge in [0.1, 0.15) is 5.75 Å². The lowest BCUT2D eigenvalue weighted by Crippen LogP contribution is -2.18. The van der Waals surface area contributed by atoms with Crippen molar-refractivity contribution >= 4 is 24.0 Å². The van der Waals surface area contributed by atoms with E-state index in [0.717, 1.165) is 37.0 Å². The summed E-state index contributed by atoms with van der Waals surface area (Å²) in [6.45, 7) is 0.647. The molecule has 8 heteroatoms. The molecule has 1 fully saturated rings. The van der Waals surface area contributed by atoms with Crippen LogP contribution in [0.2, 0.25) is 0 Å². The van der Waals surface area contributed by atoms with Crippen molar-refractivity contribution in [1.29, 1.82) is 0 Å². The molecule has 132 valence electrons. The second-order valence-corrected chi connectivity index (χ2v) is 5.96. The molecule has 2 rings (SSSR count). The lowest BCUT2D eigenvalue weighted by molar-refractivity contribution is -0.259. The largest absolute Gasteiger partial charge is 0.497 e. The second kappa shape index (κ2) is 10.2. The predicted octanol–water partition coefficient (Wildman–Crippen LogP) is 3.28. The Morgan fingerprint density at radius 1 is 1.38 bits per heavy atom. The fourth-order valence-electron chi connectivity index (χ4n) is 2.15. The molecule has 0 radical (unpaired) electrons. The standard InChI is InChI=1S/C16H22N2O5S/c1-21-14-8-6-7-13(11-14)12-16-22-18(23-24-16)10-5-3-2-4-9-15(19)17-20/h6-8,11-12,20H,2-5,9-10H2,1H3,(H,17,19). The van der Waals surface area contributed by atoms with Crippen LogP contribution < -0.4 is 10.2 Å². The summed E-state index contributed by atoms with van der Waals surface area (Å²) >= 11 is 1.18. The summed E-state index contributed by atoms with van der Waals surface area (Å²) in [7, 11) is 1.63. The Morgan fingerprint density at radius 3 is 3.00 bits per heavy atom. The monoisotopic (exact) mass is 354 g/mol. The van der Waals surface area contributed by atoms with Crippen molar-refractivity contribution in [1.82, 2.24) is 10.7 Å². The molecule has 0 spiro atoms. The average Bonchev–Trinajstić information content (AvgIpc) is 3.05. The minimum Gasteiger partial charge on any atom is -0.497 e. The van der Waals surface area contributed by atoms with E-state index in [1.54, 1.807) is 12.6 Å². The molecule has 0 unspecified atom stereocenters. The highest BCUT2D eigenvalue weighted by molar-refractivity contribution is 7.98. The first-order chi connectivity index (χ1) is 11.7. The molecule has 0 bridgehead atoms. The number of carbonyl (C=O) groups is 1. The van der Waals surface area contributed by atoms with E-state index in [1.165, 1.54) is 17.3 Å². The van der Waals surface area contributed by atoms with Crippen LogP contribution >= 0.6 is 12.0 Å². The fraction of sp³-hybridized carbons (Fsp3) is 0.438. The number of nitrogens with zero attached hydrogens (tertiary/aromatic N) is 1. The van der Waals surface area contributed by atoms with Crippen LogP contribution in [0.1, 0.15) is 37.7 Å². The van der Waals surface area contributed by atoms with Crippen LogP contribution in [0.15, 0.2) is 29.4 Å². The van der Waals surface area contributed by atoms with Gasteiger partial charge in [-0.15, -0.1) is 0 Å². The smallest absolute Gasteiger partial charge is 0.243 e. The zero-order valence-corrected chi connectivity index (χ0v) is 14.4. The first-order valence-electron chi connectivity index (χ1n) is 7.80. The maximum atomic E-state index is 10.9. The van der Waals surface area contributed by atoms with Crippen LogP contribution in [0.25, 0.3) is 6.08 Å². The highest BCUT2D eigenvalue weighted by atomic mass is 32.2. The third-order valence-electron chi connectivity index (χ3n) is 3.39. The first kappa shape index (κ1) is 18.6. The summed E-state index contributed by atoms with van der Waals surface area (Å²) in [5, 5.41) is 10.5. The highest BCUT2D eigenvalue weighted by Gasteiger charge is 2.20. The molecule has 2 N–H and O–H groups in total. The number of unbranched alkanes of at least 4 members (excludes halogenated alkanes) is 3. The lowest BCUT2D eigenvalue weighted by atomic mass is 10.1. The van der Waals surface area contributed by atoms with Gasteiger partial charge in [-0.1, -0.05) is 25.0 Å². The van der Waals surface area contributed by atoms with E-state index >= 15 is 0 Å². The van der Waals surface area contributed by atoms with Crippen molar-refractivity contribution in [3.05, 3.63) is 34.9 Å². The normalized spacial score (nSPS) is 16.2. The minimum absolute atomic E-state index is 0.343. The molecule has 1 aliphatic heterocycles. The number of hydrogen-bond acceptors (Lipinski definition) is 7. The number of hydrogen-bond donors (Lipinski definition) is 2. The topological polar surface area (TPSA) is 80.3 Å². The minimum atomic E-state index is -0.343. The molecule has 24 heavy (non-hydrogen) atoms. The number of methoxy groups -OCH3 is 1. The van der Waals surface area contributed by atoms with Crippen LogP contribution in [-0.4, -0.2) is 30.0 Å². The summed E-state index contributed by atoms with van der Waals surface area (Å²) in [5.41, 5.74) is 2.60. The summed E-state index contributed by atoms with van der Waals surface area (Å²) < 4.78 is 10.6. The molecule has 0 aromatic heterocycles. The van der Waals surface area contributed by atoms with E-state index in [2.05, 4.69) is 0 Å². The van der Waals surface area contributed by atoms with Gasteiger partial charge in [0.05, 0.1) is 25.7 Å². The highest BCUT2D eigenvalue weighted by Crippen LogP contribution is 2.32. The SMILES string of the molecule is COc1cccc(C=C2ON(CCCCCCC(=O)NO)OS2)c1. The fourth-order valence-corrected chi connectivity index (χ4v) is 2.71. The predicted molar refractivity (Wildman–Crippen MR) is 90.5 cm³/mol. The Hall–Kier alpha value is -1.74. The summed E-state index contributed by atoms with van der Waals surface area (Å²) in [6.07, 6.45) is 5.76. The molecule has 1 saturated heterocycles. The van der Waals surface area contributed by atoms with E-state index in [4.69, 9.17) is 19.1 Å². The molecule has 1 heterocycles. The molecule has 0 saturated carbocycles. The van der Waals surface area contributed by atoms with Crippen molar-refractivity contribution in [2.24, 2.45) is 0 Å². The zero-order chi connectivity index (χ0) is 17.2. The van der Waals surface area contributed by atoms with Gasteiger partial charge in [0.25, 0.3) is 0 Å². The van der Waals surface area contributed by atoms with E-state index in [0.29, 0.717) is 18.1 Å². The molecule has 1 aliphatic rings. The Balaban J connectivity index is 1.65. The van der Waals surface area contributed by atoms with Gasteiger partial charge in [-0.2, -0.15) is 4.28 Å². The number of carbonyl (C=O) groups excluding carboxylic acids is 1. The van der Waals surface area contributed by atoms with E-state index < -0.39 is 0 Å². The summed E-state index contributed by atoms with van der Waals surface area (Å²) in [5.74, 6) is 0.449. The Kier molecular flexibility index (Phi) is 7.90. The van der Waals surface area contributed by atoms with E-state index in [1.807, 2.05) is 30.3 Å². The molecule has 1 amide bonds. The summed E-state index contributed by atoms with van der Waals surface area (Å²) in [6, 6.07) is 7.69. The van der Waals surface area contributed by atoms with Crippen LogP contribution in [0, 0.1) is 0 Å². The van der Waals surface area contributed by atoms with Crippen LogP contribution in [0.4, 0.5) is 0 Å². The maximum absolute atomic E-state index is 10.9. The lowest BCUT2D eigenvalue weighted by Gasteiger charge is -2.10. The van der Waals surface area contributed by atoms with Gasteiger partial charge in [0, 0.05) is 6.42 Å². The summed E-state index contributed by atoms with van der Waals surface area (Å²) in [4.78, 5) is 16.5. The van der Waals surface area contributed by atoms with Gasteiger partial charge in [-0.25, -0.2) is 5.48 Å². The maximum Gasteiger partial charge on any atom is 0.243 e. The zero-order valence-electron chi connectivity index (χ0n) is 13.6. The number of hydroxylamine groups is 3. The third-order valence-corrected chi connectivity index (χ3v) is 3.99. The van der Waals surface area contributed by atoms with E-state index in [-0.39, 0.29) is 5.91 Å². The van der Waals surface area contributed by atoms with Crippen molar-refractivity contribution in [3.8, 4) is 5.75 Å². The van der Waals surface area contributed by atoms with Gasteiger partial charge in [0.2, 0.25) is 11.0 Å². The molecule has 7 nitrogen and oxygen atoms in total. The molecule has 1 aromatic carbocycles. The number of ether oxygens (including phenoxy) is 1. The van der Waals surface area contributed by atoms with Crippen molar-refractivity contribution < 1.29 is 23.9 Å². The van der Waals surface area contributed by atoms with Crippen molar-refractivity contribution in [2.75, 3.05) is 13.7 Å².